The Kier molecular flexibility index (Phi) is 8.65. The Balaban J connectivity index is 1.33. The average molecular weight is 550 g/mol. The summed E-state index contributed by atoms with van der Waals surface area (Å²) in [6.07, 6.45) is 8.34. The molecular weight excluding hydrogens is 514 g/mol. The third-order valence-corrected chi connectivity index (χ3v) is 8.21. The van der Waals surface area contributed by atoms with Gasteiger partial charge in [-0.15, -0.1) is 0 Å². The fourth-order valence-corrected chi connectivity index (χ4v) is 5.97. The molecule has 2 N–H and O–H groups in total. The van der Waals surface area contributed by atoms with Gasteiger partial charge in [-0.25, -0.2) is 0 Å². The highest BCUT2D eigenvalue weighted by molar-refractivity contribution is 7.80. The van der Waals surface area contributed by atoms with Crippen LogP contribution in [0.3, 0.4) is 0 Å². The summed E-state index contributed by atoms with van der Waals surface area (Å²) in [6.45, 7) is 4.97. The van der Waals surface area contributed by atoms with Gasteiger partial charge in [-0.2, -0.15) is 9.97 Å². The number of halogens is 1. The summed E-state index contributed by atoms with van der Waals surface area (Å²) in [5.74, 6) is 3.14. The molecule has 1 atom stereocenters. The van der Waals surface area contributed by atoms with Crippen LogP contribution < -0.4 is 20.3 Å². The SMILES string of the molecule is C[C@H]1CCCN(c2cc(Oc3ccccc3)nc(NC(=S)NCC3(c4ccc(Cl)cc4)CCCCC3)n2)C1. The van der Waals surface area contributed by atoms with E-state index in [-0.39, 0.29) is 5.41 Å². The topological polar surface area (TPSA) is 62.3 Å². The zero-order valence-corrected chi connectivity index (χ0v) is 23.5. The minimum atomic E-state index is 0.0306. The number of nitrogens with one attached hydrogen (secondary N) is 2. The van der Waals surface area contributed by atoms with Crippen molar-refractivity contribution in [3.05, 3.63) is 71.2 Å². The van der Waals surface area contributed by atoms with E-state index in [0.29, 0.717) is 22.9 Å². The van der Waals surface area contributed by atoms with E-state index in [9.17, 15) is 0 Å². The third-order valence-electron chi connectivity index (χ3n) is 7.72. The number of para-hydroxylation sites is 1. The van der Waals surface area contributed by atoms with Crippen molar-refractivity contribution in [1.29, 1.82) is 0 Å². The van der Waals surface area contributed by atoms with Crippen LogP contribution in [0, 0.1) is 5.92 Å². The molecular formula is C30H36ClN5OS. The molecule has 5 rings (SSSR count). The summed E-state index contributed by atoms with van der Waals surface area (Å²) in [4.78, 5) is 11.8. The quantitative estimate of drug-likeness (QED) is 0.299. The van der Waals surface area contributed by atoms with Gasteiger partial charge in [-0.05, 0) is 73.6 Å². The number of rotatable bonds is 7. The number of nitrogens with zero attached hydrogens (tertiary/aromatic N) is 3. The highest BCUT2D eigenvalue weighted by atomic mass is 35.5. The monoisotopic (exact) mass is 549 g/mol. The first-order chi connectivity index (χ1) is 18.5. The van der Waals surface area contributed by atoms with Crippen molar-refractivity contribution < 1.29 is 4.74 Å². The van der Waals surface area contributed by atoms with Crippen LogP contribution in [0.15, 0.2) is 60.7 Å². The van der Waals surface area contributed by atoms with E-state index < -0.39 is 0 Å². The molecule has 0 spiro atoms. The Morgan fingerprint density at radius 3 is 2.55 bits per heavy atom. The van der Waals surface area contributed by atoms with Gasteiger partial charge in [-0.3, -0.25) is 0 Å². The van der Waals surface area contributed by atoms with E-state index in [0.717, 1.165) is 55.5 Å². The Labute approximate surface area is 236 Å². The van der Waals surface area contributed by atoms with Gasteiger partial charge in [-0.1, -0.05) is 68.1 Å². The van der Waals surface area contributed by atoms with Gasteiger partial charge < -0.3 is 20.3 Å². The van der Waals surface area contributed by atoms with Crippen LogP contribution in [-0.2, 0) is 5.41 Å². The summed E-state index contributed by atoms with van der Waals surface area (Å²) in [5, 5.41) is 8.00. The molecule has 0 bridgehead atoms. The van der Waals surface area contributed by atoms with Gasteiger partial charge in [0.05, 0.1) is 0 Å². The van der Waals surface area contributed by atoms with Crippen LogP contribution in [0.2, 0.25) is 5.02 Å². The number of benzene rings is 2. The second-order valence-corrected chi connectivity index (χ2v) is 11.5. The predicted molar refractivity (Wildman–Crippen MR) is 160 cm³/mol. The van der Waals surface area contributed by atoms with Crippen molar-refractivity contribution in [3.8, 4) is 11.6 Å². The zero-order chi connectivity index (χ0) is 26.4. The van der Waals surface area contributed by atoms with Crippen LogP contribution in [-0.4, -0.2) is 34.7 Å². The van der Waals surface area contributed by atoms with Crippen molar-refractivity contribution in [3.63, 3.8) is 0 Å². The molecule has 2 fully saturated rings. The molecule has 2 aliphatic rings. The third kappa shape index (κ3) is 6.75. The Bertz CT molecular complexity index is 1220. The smallest absolute Gasteiger partial charge is 0.234 e. The molecule has 3 aromatic rings. The molecule has 1 saturated carbocycles. The normalized spacial score (nSPS) is 19.0. The van der Waals surface area contributed by atoms with E-state index in [4.69, 9.17) is 33.5 Å². The number of hydrogen-bond acceptors (Lipinski definition) is 5. The largest absolute Gasteiger partial charge is 0.439 e. The molecule has 0 unspecified atom stereocenters. The number of ether oxygens (including phenoxy) is 1. The minimum Gasteiger partial charge on any atom is -0.439 e. The Morgan fingerprint density at radius 1 is 1.05 bits per heavy atom. The number of aromatic nitrogens is 2. The molecule has 200 valence electrons. The van der Waals surface area contributed by atoms with Crippen LogP contribution >= 0.6 is 23.8 Å². The van der Waals surface area contributed by atoms with Gasteiger partial charge in [0.15, 0.2) is 5.11 Å². The Hall–Kier alpha value is -2.90. The van der Waals surface area contributed by atoms with Gasteiger partial charge >= 0.3 is 0 Å². The molecule has 0 amide bonds. The van der Waals surface area contributed by atoms with Crippen molar-refractivity contribution >= 4 is 40.7 Å². The van der Waals surface area contributed by atoms with Gasteiger partial charge in [0.1, 0.15) is 11.6 Å². The van der Waals surface area contributed by atoms with Crippen LogP contribution in [0.25, 0.3) is 0 Å². The number of thiocarbonyl (C=S) groups is 1. The number of piperidine rings is 1. The van der Waals surface area contributed by atoms with E-state index in [2.05, 4.69) is 39.6 Å². The molecule has 2 heterocycles. The van der Waals surface area contributed by atoms with Crippen molar-refractivity contribution in [1.82, 2.24) is 15.3 Å². The average Bonchev–Trinajstić information content (AvgIpc) is 2.93. The summed E-state index contributed by atoms with van der Waals surface area (Å²) < 4.78 is 6.11. The lowest BCUT2D eigenvalue weighted by Gasteiger charge is -2.38. The van der Waals surface area contributed by atoms with E-state index in [1.807, 2.05) is 48.5 Å². The lowest BCUT2D eigenvalue weighted by atomic mass is 9.69. The molecule has 2 aromatic carbocycles. The summed E-state index contributed by atoms with van der Waals surface area (Å²) >= 11 is 11.9. The molecule has 1 aliphatic heterocycles. The van der Waals surface area contributed by atoms with Crippen molar-refractivity contribution in [2.24, 2.45) is 5.92 Å². The molecule has 1 aliphatic carbocycles. The summed E-state index contributed by atoms with van der Waals surface area (Å²) in [7, 11) is 0. The molecule has 8 heteroatoms. The van der Waals surface area contributed by atoms with Crippen LogP contribution in [0.5, 0.6) is 11.6 Å². The molecule has 6 nitrogen and oxygen atoms in total. The van der Waals surface area contributed by atoms with Gasteiger partial charge in [0, 0.05) is 36.1 Å². The van der Waals surface area contributed by atoms with Crippen LogP contribution in [0.4, 0.5) is 11.8 Å². The molecule has 1 aromatic heterocycles. The first kappa shape index (κ1) is 26.7. The van der Waals surface area contributed by atoms with Crippen molar-refractivity contribution in [2.75, 3.05) is 29.9 Å². The maximum absolute atomic E-state index is 6.18. The summed E-state index contributed by atoms with van der Waals surface area (Å²) in [6, 6.07) is 19.9. The fourth-order valence-electron chi connectivity index (χ4n) is 5.68. The highest BCUT2D eigenvalue weighted by Gasteiger charge is 2.34. The van der Waals surface area contributed by atoms with E-state index in [1.165, 1.54) is 31.2 Å². The minimum absolute atomic E-state index is 0.0306. The highest BCUT2D eigenvalue weighted by Crippen LogP contribution is 2.39. The fraction of sp³-hybridized carbons (Fsp3) is 0.433. The molecule has 38 heavy (non-hydrogen) atoms. The lowest BCUT2D eigenvalue weighted by molar-refractivity contribution is 0.292. The second kappa shape index (κ2) is 12.3. The second-order valence-electron chi connectivity index (χ2n) is 10.7. The van der Waals surface area contributed by atoms with Crippen molar-refractivity contribution in [2.45, 2.75) is 57.3 Å². The predicted octanol–water partition coefficient (Wildman–Crippen LogP) is 7.35. The van der Waals surface area contributed by atoms with Gasteiger partial charge in [0.25, 0.3) is 0 Å². The molecule has 1 saturated heterocycles. The standard InChI is InChI=1S/C30H36ClN5OS/c1-22-9-8-18-36(20-22)26-19-27(37-25-10-4-2-5-11-25)34-28(33-26)35-29(38)32-21-30(16-6-3-7-17-30)23-12-14-24(31)15-13-23/h2,4-5,10-15,19,22H,3,6-9,16-18,20-21H2,1H3,(H2,32,33,34,35,38)/t22-/m0/s1. The van der Waals surface area contributed by atoms with E-state index >= 15 is 0 Å². The number of hydrogen-bond donors (Lipinski definition) is 2. The zero-order valence-electron chi connectivity index (χ0n) is 22.0. The lowest BCUT2D eigenvalue weighted by Crippen LogP contribution is -2.43. The van der Waals surface area contributed by atoms with Crippen LogP contribution in [0.1, 0.15) is 57.4 Å². The first-order valence-corrected chi connectivity index (χ1v) is 14.5. The summed E-state index contributed by atoms with van der Waals surface area (Å²) in [5.41, 5.74) is 1.34. The van der Waals surface area contributed by atoms with Gasteiger partial charge in [0.2, 0.25) is 11.8 Å². The Morgan fingerprint density at radius 2 is 1.82 bits per heavy atom. The molecule has 0 radical (unpaired) electrons. The number of anilines is 2. The first-order valence-electron chi connectivity index (χ1n) is 13.7. The maximum atomic E-state index is 6.18. The van der Waals surface area contributed by atoms with E-state index in [1.54, 1.807) is 0 Å². The maximum Gasteiger partial charge on any atom is 0.234 e.